The number of carbonyl (C=O) groups is 1. The van der Waals surface area contributed by atoms with E-state index in [1.54, 1.807) is 10.9 Å². The molecule has 1 N–H and O–H groups in total. The molecular formula is C22H35N5O3. The Kier molecular flexibility index (Phi) is 7.50. The van der Waals surface area contributed by atoms with Crippen LogP contribution in [0.3, 0.4) is 0 Å². The number of carbonyl (C=O) groups excluding carboxylic acids is 1. The van der Waals surface area contributed by atoms with Crippen LogP contribution in [0.5, 0.6) is 0 Å². The highest BCUT2D eigenvalue weighted by atomic mass is 16.2. The molecule has 1 saturated carbocycles. The molecule has 30 heavy (non-hydrogen) atoms. The minimum absolute atomic E-state index is 0.114. The number of aromatic nitrogens is 4. The van der Waals surface area contributed by atoms with Crippen molar-refractivity contribution in [1.82, 2.24) is 24.0 Å². The smallest absolute Gasteiger partial charge is 0.333 e. The number of fused-ring (bicyclic) bond motifs is 1. The Balaban J connectivity index is 1.96. The third-order valence-electron chi connectivity index (χ3n) is 6.23. The molecule has 0 unspecified atom stereocenters. The van der Waals surface area contributed by atoms with Gasteiger partial charge in [0.2, 0.25) is 5.91 Å². The normalized spacial score (nSPS) is 19.3. The number of hydrogen-bond acceptors (Lipinski definition) is 4. The van der Waals surface area contributed by atoms with Crippen LogP contribution in [0.25, 0.3) is 11.2 Å². The minimum Gasteiger partial charge on any atom is -0.352 e. The summed E-state index contributed by atoms with van der Waals surface area (Å²) in [6, 6.07) is 0.114. The van der Waals surface area contributed by atoms with Crippen molar-refractivity contribution < 1.29 is 4.79 Å². The van der Waals surface area contributed by atoms with Gasteiger partial charge in [-0.1, -0.05) is 46.5 Å². The summed E-state index contributed by atoms with van der Waals surface area (Å²) in [5.41, 5.74) is -0.0400. The topological polar surface area (TPSA) is 90.9 Å². The zero-order valence-electron chi connectivity index (χ0n) is 18.5. The summed E-state index contributed by atoms with van der Waals surface area (Å²) in [7, 11) is 0. The van der Waals surface area contributed by atoms with E-state index < -0.39 is 11.2 Å². The summed E-state index contributed by atoms with van der Waals surface area (Å²) in [5.74, 6) is 0.146. The van der Waals surface area contributed by atoms with Crippen molar-refractivity contribution in [2.45, 2.75) is 97.8 Å². The van der Waals surface area contributed by atoms with Crippen LogP contribution in [-0.2, 0) is 24.4 Å². The molecule has 8 nitrogen and oxygen atoms in total. The van der Waals surface area contributed by atoms with Gasteiger partial charge in [-0.3, -0.25) is 14.2 Å². The standard InChI is InChI=1S/C22H35N5O3/c1-4-6-12-25-15-23-20-19(25)21(29)27(22(30)26(20)13-7-5-2)14-18(28)24-17-11-9-8-10-16(17)3/h15-17H,4-14H2,1-3H3,(H,24,28)/t16-,17-/m0/s1. The van der Waals surface area contributed by atoms with Gasteiger partial charge in [0.1, 0.15) is 6.54 Å². The van der Waals surface area contributed by atoms with Gasteiger partial charge in [0, 0.05) is 19.1 Å². The van der Waals surface area contributed by atoms with Gasteiger partial charge in [0.15, 0.2) is 11.2 Å². The fraction of sp³-hybridized carbons (Fsp3) is 0.727. The number of unbranched alkanes of at least 4 members (excludes halogenated alkanes) is 2. The lowest BCUT2D eigenvalue weighted by Gasteiger charge is -2.29. The number of aryl methyl sites for hydroxylation is 2. The molecule has 8 heteroatoms. The second-order valence-corrected chi connectivity index (χ2v) is 8.58. The zero-order chi connectivity index (χ0) is 21.7. The predicted molar refractivity (Wildman–Crippen MR) is 118 cm³/mol. The van der Waals surface area contributed by atoms with Crippen molar-refractivity contribution in [3.63, 3.8) is 0 Å². The van der Waals surface area contributed by atoms with Gasteiger partial charge in [-0.05, 0) is 31.6 Å². The summed E-state index contributed by atoms with van der Waals surface area (Å²) in [6.07, 6.45) is 9.60. The fourth-order valence-electron chi connectivity index (χ4n) is 4.32. The lowest BCUT2D eigenvalue weighted by molar-refractivity contribution is -0.123. The number of nitrogens with zero attached hydrogens (tertiary/aromatic N) is 4. The first-order valence-electron chi connectivity index (χ1n) is 11.5. The number of imidazole rings is 1. The van der Waals surface area contributed by atoms with E-state index in [4.69, 9.17) is 0 Å². The van der Waals surface area contributed by atoms with E-state index in [1.807, 2.05) is 4.57 Å². The summed E-state index contributed by atoms with van der Waals surface area (Å²) in [6.45, 7) is 7.19. The van der Waals surface area contributed by atoms with Crippen LogP contribution in [0, 0.1) is 5.92 Å². The maximum Gasteiger partial charge on any atom is 0.333 e. The number of hydrogen-bond donors (Lipinski definition) is 1. The van der Waals surface area contributed by atoms with Crippen LogP contribution in [0.2, 0.25) is 0 Å². The van der Waals surface area contributed by atoms with Gasteiger partial charge in [-0.15, -0.1) is 0 Å². The third kappa shape index (κ3) is 4.68. The summed E-state index contributed by atoms with van der Waals surface area (Å²) >= 11 is 0. The molecule has 1 aliphatic rings. The van der Waals surface area contributed by atoms with Crippen molar-refractivity contribution >= 4 is 17.1 Å². The van der Waals surface area contributed by atoms with Crippen LogP contribution in [0.4, 0.5) is 0 Å². The molecule has 1 amide bonds. The maximum atomic E-state index is 13.2. The van der Waals surface area contributed by atoms with E-state index in [9.17, 15) is 14.4 Å². The Labute approximate surface area is 177 Å². The second kappa shape index (κ2) is 10.1. The quantitative estimate of drug-likeness (QED) is 0.679. The molecule has 2 aromatic rings. The Morgan fingerprint density at radius 1 is 1.10 bits per heavy atom. The van der Waals surface area contributed by atoms with E-state index in [1.165, 1.54) is 6.42 Å². The van der Waals surface area contributed by atoms with Crippen molar-refractivity contribution in [3.8, 4) is 0 Å². The van der Waals surface area contributed by atoms with E-state index >= 15 is 0 Å². The van der Waals surface area contributed by atoms with Crippen LogP contribution in [0.15, 0.2) is 15.9 Å². The Morgan fingerprint density at radius 2 is 1.80 bits per heavy atom. The Bertz CT molecular complexity index is 987. The fourth-order valence-corrected chi connectivity index (χ4v) is 4.32. The van der Waals surface area contributed by atoms with Gasteiger partial charge in [-0.2, -0.15) is 0 Å². The molecule has 0 aliphatic heterocycles. The maximum absolute atomic E-state index is 13.2. The Hall–Kier alpha value is -2.38. The number of amides is 1. The average Bonchev–Trinajstić information content (AvgIpc) is 3.15. The molecule has 166 valence electrons. The Morgan fingerprint density at radius 3 is 2.50 bits per heavy atom. The molecule has 3 rings (SSSR count). The summed E-state index contributed by atoms with van der Waals surface area (Å²) < 4.78 is 4.46. The first-order valence-corrected chi connectivity index (χ1v) is 11.5. The van der Waals surface area contributed by atoms with Crippen LogP contribution >= 0.6 is 0 Å². The third-order valence-corrected chi connectivity index (χ3v) is 6.23. The SMILES string of the molecule is CCCCn1cnc2c1c(=O)n(CC(=O)N[C@H]1CCCC[C@@H]1C)c(=O)n2CCCC. The second-order valence-electron chi connectivity index (χ2n) is 8.58. The van der Waals surface area contributed by atoms with Gasteiger partial charge in [0.25, 0.3) is 5.56 Å². The highest BCUT2D eigenvalue weighted by molar-refractivity contribution is 5.77. The molecular weight excluding hydrogens is 382 g/mol. The zero-order valence-corrected chi connectivity index (χ0v) is 18.5. The van der Waals surface area contributed by atoms with Crippen LogP contribution in [0.1, 0.15) is 72.1 Å². The minimum atomic E-state index is -0.450. The van der Waals surface area contributed by atoms with Gasteiger partial charge < -0.3 is 9.88 Å². The van der Waals surface area contributed by atoms with Gasteiger partial charge in [0.05, 0.1) is 6.33 Å². The van der Waals surface area contributed by atoms with Crippen molar-refractivity contribution in [3.05, 3.63) is 27.2 Å². The molecule has 1 fully saturated rings. The lowest BCUT2D eigenvalue weighted by atomic mass is 9.86. The van der Waals surface area contributed by atoms with Gasteiger partial charge >= 0.3 is 5.69 Å². The van der Waals surface area contributed by atoms with Crippen molar-refractivity contribution in [1.29, 1.82) is 0 Å². The van der Waals surface area contributed by atoms with E-state index in [2.05, 4.69) is 31.1 Å². The van der Waals surface area contributed by atoms with E-state index in [0.717, 1.165) is 49.5 Å². The largest absolute Gasteiger partial charge is 0.352 e. The highest BCUT2D eigenvalue weighted by Gasteiger charge is 2.24. The average molecular weight is 418 g/mol. The predicted octanol–water partition coefficient (Wildman–Crippen LogP) is 2.65. The summed E-state index contributed by atoms with van der Waals surface area (Å²) in [4.78, 5) is 43.5. The first kappa shape index (κ1) is 22.3. The van der Waals surface area contributed by atoms with E-state index in [-0.39, 0.29) is 18.5 Å². The molecule has 1 aliphatic carbocycles. The lowest BCUT2D eigenvalue weighted by Crippen LogP contribution is -2.47. The number of nitrogens with one attached hydrogen (secondary N) is 1. The monoisotopic (exact) mass is 417 g/mol. The van der Waals surface area contributed by atoms with Crippen LogP contribution < -0.4 is 16.6 Å². The molecule has 0 spiro atoms. The highest BCUT2D eigenvalue weighted by Crippen LogP contribution is 2.23. The van der Waals surface area contributed by atoms with Crippen LogP contribution in [-0.4, -0.2) is 30.6 Å². The molecule has 2 atom stereocenters. The summed E-state index contributed by atoms with van der Waals surface area (Å²) in [5, 5.41) is 3.06. The van der Waals surface area contributed by atoms with Gasteiger partial charge in [-0.25, -0.2) is 14.3 Å². The number of rotatable bonds is 9. The first-order chi connectivity index (χ1) is 14.5. The molecule has 2 aromatic heterocycles. The van der Waals surface area contributed by atoms with Crippen molar-refractivity contribution in [2.24, 2.45) is 5.92 Å². The molecule has 0 saturated heterocycles. The molecule has 2 heterocycles. The van der Waals surface area contributed by atoms with Crippen molar-refractivity contribution in [2.75, 3.05) is 0 Å². The van der Waals surface area contributed by atoms with E-state index in [0.29, 0.717) is 30.2 Å². The molecule has 0 radical (unpaired) electrons. The molecule has 0 aromatic carbocycles. The molecule has 0 bridgehead atoms.